The molecular formula is C17H21FN6O3. The van der Waals surface area contributed by atoms with Crippen LogP contribution < -0.4 is 15.8 Å². The maximum Gasteiger partial charge on any atom is 0.254 e. The van der Waals surface area contributed by atoms with Crippen molar-refractivity contribution in [2.24, 2.45) is 16.6 Å². The first-order valence-corrected chi connectivity index (χ1v) is 8.39. The number of nitrogens with two attached hydrogens (primary N) is 1. The summed E-state index contributed by atoms with van der Waals surface area (Å²) in [4.78, 5) is 19.6. The van der Waals surface area contributed by atoms with E-state index in [9.17, 15) is 9.18 Å². The highest BCUT2D eigenvalue weighted by Gasteiger charge is 2.28. The van der Waals surface area contributed by atoms with Crippen molar-refractivity contribution in [3.8, 4) is 5.88 Å². The summed E-state index contributed by atoms with van der Waals surface area (Å²) >= 11 is 0. The molecule has 0 radical (unpaired) electrons. The van der Waals surface area contributed by atoms with Gasteiger partial charge in [0.05, 0.1) is 19.8 Å². The quantitative estimate of drug-likeness (QED) is 0.584. The van der Waals surface area contributed by atoms with Crippen LogP contribution in [0.3, 0.4) is 0 Å². The molecule has 2 aromatic rings. The van der Waals surface area contributed by atoms with E-state index in [4.69, 9.17) is 15.2 Å². The molecule has 0 bridgehead atoms. The van der Waals surface area contributed by atoms with Gasteiger partial charge in [0, 0.05) is 49.8 Å². The summed E-state index contributed by atoms with van der Waals surface area (Å²) < 4.78 is 25.8. The van der Waals surface area contributed by atoms with Crippen molar-refractivity contribution in [3.05, 3.63) is 29.8 Å². The van der Waals surface area contributed by atoms with Crippen LogP contribution >= 0.6 is 0 Å². The number of primary amides is 1. The number of pyridine rings is 1. The molecule has 2 aromatic heterocycles. The van der Waals surface area contributed by atoms with Crippen molar-refractivity contribution < 1.29 is 18.7 Å². The molecule has 1 fully saturated rings. The largest absolute Gasteiger partial charge is 0.481 e. The number of aliphatic imine (C=N–C) groups is 1. The van der Waals surface area contributed by atoms with Gasteiger partial charge in [0.2, 0.25) is 11.8 Å². The van der Waals surface area contributed by atoms with Gasteiger partial charge in [-0.25, -0.2) is 0 Å². The standard InChI is InChI=1S/C17H21FN6O3/c1-20-7-10-3-4-27-9-13(10)24-8-12(16(19)25)17(23-24)21-11-5-14(18)22-15(6-11)26-2/h5-8,10,13H,3-4,9H2,1-2H3,(H2,19,25)(H,21,22,23)/b20-7-/t10-,13+/m1/s1. The highest BCUT2D eigenvalue weighted by Crippen LogP contribution is 2.28. The van der Waals surface area contributed by atoms with Gasteiger partial charge in [0.1, 0.15) is 5.56 Å². The Morgan fingerprint density at radius 1 is 1.56 bits per heavy atom. The third kappa shape index (κ3) is 4.22. The van der Waals surface area contributed by atoms with Crippen molar-refractivity contribution in [1.82, 2.24) is 14.8 Å². The number of nitrogens with zero attached hydrogens (tertiary/aromatic N) is 4. The highest BCUT2D eigenvalue weighted by atomic mass is 19.1. The minimum atomic E-state index is -0.725. The molecule has 2 atom stereocenters. The van der Waals surface area contributed by atoms with E-state index < -0.39 is 11.9 Å². The summed E-state index contributed by atoms with van der Waals surface area (Å²) in [5, 5.41) is 7.36. The number of aromatic nitrogens is 3. The van der Waals surface area contributed by atoms with Crippen molar-refractivity contribution >= 4 is 23.6 Å². The van der Waals surface area contributed by atoms with Crippen LogP contribution in [0.4, 0.5) is 15.9 Å². The van der Waals surface area contributed by atoms with E-state index >= 15 is 0 Å². The first-order chi connectivity index (χ1) is 13.0. The van der Waals surface area contributed by atoms with Gasteiger partial charge >= 0.3 is 0 Å². The number of carbonyl (C=O) groups is 1. The van der Waals surface area contributed by atoms with Crippen LogP contribution in [0.25, 0.3) is 0 Å². The first-order valence-electron chi connectivity index (χ1n) is 8.39. The van der Waals surface area contributed by atoms with E-state index in [2.05, 4.69) is 20.4 Å². The van der Waals surface area contributed by atoms with E-state index in [0.29, 0.717) is 18.9 Å². The molecule has 0 aromatic carbocycles. The molecule has 1 aliphatic rings. The number of nitrogens with one attached hydrogen (secondary N) is 1. The molecule has 3 N–H and O–H groups in total. The lowest BCUT2D eigenvalue weighted by Crippen LogP contribution is -2.31. The minimum absolute atomic E-state index is 0.0949. The maximum absolute atomic E-state index is 13.6. The second-order valence-corrected chi connectivity index (χ2v) is 6.08. The number of hydrogen-bond acceptors (Lipinski definition) is 7. The number of anilines is 2. The van der Waals surface area contributed by atoms with Gasteiger partial charge in [-0.15, -0.1) is 0 Å². The predicted octanol–water partition coefficient (Wildman–Crippen LogP) is 1.55. The number of halogens is 1. The maximum atomic E-state index is 13.6. The van der Waals surface area contributed by atoms with Crippen LogP contribution in [0.2, 0.25) is 0 Å². The molecule has 3 heterocycles. The summed E-state index contributed by atoms with van der Waals surface area (Å²) in [5.74, 6) is -0.944. The lowest BCUT2D eigenvalue weighted by Gasteiger charge is -2.29. The fourth-order valence-electron chi connectivity index (χ4n) is 3.00. The molecule has 27 heavy (non-hydrogen) atoms. The lowest BCUT2D eigenvalue weighted by atomic mass is 9.96. The van der Waals surface area contributed by atoms with Gasteiger partial charge in [0.25, 0.3) is 5.91 Å². The SMILES string of the molecule is C/N=C\[C@H]1CCOC[C@@H]1n1cc(C(N)=O)c(Nc2cc(F)nc(OC)c2)n1. The second-order valence-electron chi connectivity index (χ2n) is 6.08. The molecule has 1 saturated heterocycles. The van der Waals surface area contributed by atoms with E-state index in [1.54, 1.807) is 17.9 Å². The van der Waals surface area contributed by atoms with Crippen molar-refractivity contribution in [2.75, 3.05) is 32.7 Å². The normalized spacial score (nSPS) is 20.0. The topological polar surface area (TPSA) is 117 Å². The lowest BCUT2D eigenvalue weighted by molar-refractivity contribution is 0.0385. The van der Waals surface area contributed by atoms with E-state index in [-0.39, 0.29) is 29.2 Å². The number of amides is 1. The van der Waals surface area contributed by atoms with Gasteiger partial charge in [-0.1, -0.05) is 0 Å². The molecule has 1 amide bonds. The van der Waals surface area contributed by atoms with Crippen molar-refractivity contribution in [2.45, 2.75) is 12.5 Å². The molecule has 10 heteroatoms. The van der Waals surface area contributed by atoms with Crippen LogP contribution in [-0.4, -0.2) is 54.3 Å². The van der Waals surface area contributed by atoms with Gasteiger partial charge in [-0.3, -0.25) is 9.48 Å². The molecule has 0 spiro atoms. The van der Waals surface area contributed by atoms with Gasteiger partial charge in [-0.2, -0.15) is 14.5 Å². The number of methoxy groups -OCH3 is 1. The number of hydrogen-bond donors (Lipinski definition) is 2. The molecule has 144 valence electrons. The Morgan fingerprint density at radius 3 is 3.07 bits per heavy atom. The van der Waals surface area contributed by atoms with Crippen LogP contribution in [0, 0.1) is 11.9 Å². The summed E-state index contributed by atoms with van der Waals surface area (Å²) in [7, 11) is 3.09. The Morgan fingerprint density at radius 2 is 2.37 bits per heavy atom. The zero-order valence-corrected chi connectivity index (χ0v) is 15.1. The third-order valence-electron chi connectivity index (χ3n) is 4.30. The van der Waals surface area contributed by atoms with Crippen LogP contribution in [0.15, 0.2) is 23.3 Å². The fourth-order valence-corrected chi connectivity index (χ4v) is 3.00. The van der Waals surface area contributed by atoms with Crippen molar-refractivity contribution in [3.63, 3.8) is 0 Å². The smallest absolute Gasteiger partial charge is 0.254 e. The summed E-state index contributed by atoms with van der Waals surface area (Å²) in [6, 6.07) is 2.53. The van der Waals surface area contributed by atoms with E-state index in [1.165, 1.54) is 19.2 Å². The molecule has 1 aliphatic heterocycles. The highest BCUT2D eigenvalue weighted by molar-refractivity contribution is 5.98. The number of ether oxygens (including phenoxy) is 2. The van der Waals surface area contributed by atoms with Gasteiger partial charge in [-0.05, 0) is 6.42 Å². The number of rotatable bonds is 6. The molecular weight excluding hydrogens is 355 g/mol. The zero-order valence-electron chi connectivity index (χ0n) is 15.1. The minimum Gasteiger partial charge on any atom is -0.481 e. The Balaban J connectivity index is 1.94. The molecule has 0 saturated carbocycles. The second kappa shape index (κ2) is 8.12. The molecule has 9 nitrogen and oxygen atoms in total. The first kappa shape index (κ1) is 18.8. The summed E-state index contributed by atoms with van der Waals surface area (Å²) in [5.41, 5.74) is 6.01. The third-order valence-corrected chi connectivity index (χ3v) is 4.30. The fraction of sp³-hybridized carbons (Fsp3) is 0.412. The van der Waals surface area contributed by atoms with Gasteiger partial charge in [0.15, 0.2) is 5.82 Å². The molecule has 3 rings (SSSR count). The van der Waals surface area contributed by atoms with Gasteiger partial charge < -0.3 is 25.5 Å². The zero-order chi connectivity index (χ0) is 19.4. The summed E-state index contributed by atoms with van der Waals surface area (Å²) in [6.07, 6.45) is 4.22. The van der Waals surface area contributed by atoms with Crippen molar-refractivity contribution in [1.29, 1.82) is 0 Å². The van der Waals surface area contributed by atoms with Crippen LogP contribution in [0.5, 0.6) is 5.88 Å². The average Bonchev–Trinajstić information content (AvgIpc) is 3.05. The Labute approximate surface area is 155 Å². The average molecular weight is 376 g/mol. The number of carbonyl (C=O) groups excluding carboxylic acids is 1. The van der Waals surface area contributed by atoms with Crippen LogP contribution in [0.1, 0.15) is 22.8 Å². The Hall–Kier alpha value is -3.01. The van der Waals surface area contributed by atoms with E-state index in [0.717, 1.165) is 6.42 Å². The molecule has 0 unspecified atom stereocenters. The van der Waals surface area contributed by atoms with E-state index in [1.807, 2.05) is 6.21 Å². The Bertz CT molecular complexity index is 853. The molecule has 0 aliphatic carbocycles. The predicted molar refractivity (Wildman–Crippen MR) is 97.2 cm³/mol. The Kier molecular flexibility index (Phi) is 5.65. The summed E-state index contributed by atoms with van der Waals surface area (Å²) in [6.45, 7) is 1.08. The monoisotopic (exact) mass is 376 g/mol. The van der Waals surface area contributed by atoms with Crippen LogP contribution in [-0.2, 0) is 4.74 Å².